The molecule has 0 unspecified atom stereocenters. The molecule has 0 saturated carbocycles. The Morgan fingerprint density at radius 3 is 2.92 bits per heavy atom. The van der Waals surface area contributed by atoms with Gasteiger partial charge in [0.05, 0.1) is 24.9 Å². The van der Waals surface area contributed by atoms with E-state index in [-0.39, 0.29) is 12.3 Å². The van der Waals surface area contributed by atoms with Gasteiger partial charge in [-0.05, 0) is 5.56 Å². The van der Waals surface area contributed by atoms with Crippen LogP contribution in [0.15, 0.2) is 60.4 Å². The first-order valence-electron chi connectivity index (χ1n) is 7.54. The molecule has 24 heavy (non-hydrogen) atoms. The molecule has 4 aromatic rings. The van der Waals surface area contributed by atoms with Crippen LogP contribution in [0.5, 0.6) is 0 Å². The Balaban J connectivity index is 1.44. The van der Waals surface area contributed by atoms with Gasteiger partial charge in [0, 0.05) is 23.8 Å². The van der Waals surface area contributed by atoms with Crippen molar-refractivity contribution in [3.05, 3.63) is 71.6 Å². The molecule has 0 spiro atoms. The second kappa shape index (κ2) is 6.29. The number of rotatable bonds is 5. The maximum atomic E-state index is 12.3. The SMILES string of the molecule is O=C(Cc1cn2ccsc2n1)Nc1ccnn1Cc1ccccc1. The van der Waals surface area contributed by atoms with E-state index in [4.69, 9.17) is 0 Å². The highest BCUT2D eigenvalue weighted by atomic mass is 32.1. The van der Waals surface area contributed by atoms with Crippen LogP contribution >= 0.6 is 11.3 Å². The van der Waals surface area contributed by atoms with E-state index in [0.717, 1.165) is 16.2 Å². The van der Waals surface area contributed by atoms with Gasteiger partial charge in [0.25, 0.3) is 0 Å². The smallest absolute Gasteiger partial charge is 0.231 e. The number of thiazole rings is 1. The van der Waals surface area contributed by atoms with Gasteiger partial charge in [-0.15, -0.1) is 11.3 Å². The fourth-order valence-electron chi connectivity index (χ4n) is 2.53. The minimum Gasteiger partial charge on any atom is -0.311 e. The molecule has 4 rings (SSSR count). The molecule has 1 amide bonds. The number of amides is 1. The first-order chi connectivity index (χ1) is 11.8. The fraction of sp³-hybridized carbons (Fsp3) is 0.118. The van der Waals surface area contributed by atoms with Gasteiger partial charge < -0.3 is 5.32 Å². The van der Waals surface area contributed by atoms with Crippen LogP contribution < -0.4 is 5.32 Å². The van der Waals surface area contributed by atoms with E-state index in [1.54, 1.807) is 28.3 Å². The number of aromatic nitrogens is 4. The topological polar surface area (TPSA) is 64.2 Å². The van der Waals surface area contributed by atoms with Crippen molar-refractivity contribution >= 4 is 28.0 Å². The lowest BCUT2D eigenvalue weighted by atomic mass is 10.2. The Morgan fingerprint density at radius 1 is 1.21 bits per heavy atom. The number of fused-ring (bicyclic) bond motifs is 1. The zero-order valence-corrected chi connectivity index (χ0v) is 13.6. The summed E-state index contributed by atoms with van der Waals surface area (Å²) in [6, 6.07) is 11.8. The summed E-state index contributed by atoms with van der Waals surface area (Å²) in [4.78, 5) is 17.6. The number of nitrogens with zero attached hydrogens (tertiary/aromatic N) is 4. The summed E-state index contributed by atoms with van der Waals surface area (Å²) in [7, 11) is 0. The van der Waals surface area contributed by atoms with E-state index >= 15 is 0 Å². The second-order valence-corrected chi connectivity index (χ2v) is 6.28. The fourth-order valence-corrected chi connectivity index (χ4v) is 3.25. The van der Waals surface area contributed by atoms with Crippen molar-refractivity contribution in [3.8, 4) is 0 Å². The van der Waals surface area contributed by atoms with Crippen LogP contribution in [0.3, 0.4) is 0 Å². The summed E-state index contributed by atoms with van der Waals surface area (Å²) in [5.41, 5.74) is 1.89. The average Bonchev–Trinajstić information content (AvgIpc) is 3.26. The van der Waals surface area contributed by atoms with Gasteiger partial charge in [-0.1, -0.05) is 30.3 Å². The van der Waals surface area contributed by atoms with Gasteiger partial charge in [-0.3, -0.25) is 9.20 Å². The third-order valence-electron chi connectivity index (χ3n) is 3.64. The number of carbonyl (C=O) groups is 1. The lowest BCUT2D eigenvalue weighted by Gasteiger charge is -2.08. The lowest BCUT2D eigenvalue weighted by molar-refractivity contribution is -0.115. The van der Waals surface area contributed by atoms with Crippen molar-refractivity contribution < 1.29 is 4.79 Å². The summed E-state index contributed by atoms with van der Waals surface area (Å²) in [6.45, 7) is 0.615. The normalized spacial score (nSPS) is 11.0. The van der Waals surface area contributed by atoms with Crippen molar-refractivity contribution in [3.63, 3.8) is 0 Å². The molecule has 0 atom stereocenters. The van der Waals surface area contributed by atoms with Crippen LogP contribution in [0, 0.1) is 0 Å². The predicted octanol–water partition coefficient (Wildman–Crippen LogP) is 2.82. The van der Waals surface area contributed by atoms with Gasteiger partial charge >= 0.3 is 0 Å². The molecule has 0 radical (unpaired) electrons. The van der Waals surface area contributed by atoms with Crippen LogP contribution in [-0.4, -0.2) is 25.1 Å². The van der Waals surface area contributed by atoms with Crippen molar-refractivity contribution in [1.29, 1.82) is 0 Å². The first-order valence-corrected chi connectivity index (χ1v) is 8.42. The standard InChI is InChI=1S/C17H15N5OS/c23-16(10-14-12-21-8-9-24-17(21)19-14)20-15-6-7-18-22(15)11-13-4-2-1-3-5-13/h1-9,12H,10-11H2,(H,20,23). The highest BCUT2D eigenvalue weighted by Gasteiger charge is 2.11. The van der Waals surface area contributed by atoms with Gasteiger partial charge in [0.15, 0.2) is 4.96 Å². The second-order valence-electron chi connectivity index (χ2n) is 5.41. The third-order valence-corrected chi connectivity index (χ3v) is 4.41. The molecular weight excluding hydrogens is 322 g/mol. The van der Waals surface area contributed by atoms with Crippen molar-refractivity contribution in [2.45, 2.75) is 13.0 Å². The van der Waals surface area contributed by atoms with E-state index in [1.807, 2.05) is 52.5 Å². The molecule has 1 aromatic carbocycles. The monoisotopic (exact) mass is 337 g/mol. The molecular formula is C17H15N5OS. The van der Waals surface area contributed by atoms with Gasteiger partial charge in [0.2, 0.25) is 5.91 Å². The van der Waals surface area contributed by atoms with Crippen LogP contribution in [0.4, 0.5) is 5.82 Å². The molecule has 120 valence electrons. The molecule has 0 fully saturated rings. The number of hydrogen-bond acceptors (Lipinski definition) is 4. The highest BCUT2D eigenvalue weighted by molar-refractivity contribution is 7.15. The number of benzene rings is 1. The Hall–Kier alpha value is -2.93. The molecule has 3 heterocycles. The highest BCUT2D eigenvalue weighted by Crippen LogP contribution is 2.13. The van der Waals surface area contributed by atoms with Crippen molar-refractivity contribution in [2.24, 2.45) is 0 Å². The molecule has 6 nitrogen and oxygen atoms in total. The predicted molar refractivity (Wildman–Crippen MR) is 93.2 cm³/mol. The first kappa shape index (κ1) is 14.6. The summed E-state index contributed by atoms with van der Waals surface area (Å²) in [6.07, 6.45) is 5.74. The van der Waals surface area contributed by atoms with Crippen LogP contribution in [0.2, 0.25) is 0 Å². The van der Waals surface area contributed by atoms with Gasteiger partial charge in [-0.25, -0.2) is 9.67 Å². The van der Waals surface area contributed by atoms with Gasteiger partial charge in [0.1, 0.15) is 5.82 Å². The summed E-state index contributed by atoms with van der Waals surface area (Å²) in [5.74, 6) is 0.584. The van der Waals surface area contributed by atoms with Crippen LogP contribution in [-0.2, 0) is 17.8 Å². The molecule has 1 N–H and O–H groups in total. The number of carbonyl (C=O) groups excluding carboxylic acids is 1. The lowest BCUT2D eigenvalue weighted by Crippen LogP contribution is -2.18. The summed E-state index contributed by atoms with van der Waals surface area (Å²) in [5, 5.41) is 9.16. The zero-order valence-electron chi connectivity index (χ0n) is 12.8. The summed E-state index contributed by atoms with van der Waals surface area (Å²) >= 11 is 1.55. The Bertz CT molecular complexity index is 941. The molecule has 3 aromatic heterocycles. The van der Waals surface area contributed by atoms with Gasteiger partial charge in [-0.2, -0.15) is 5.10 Å². The molecule has 0 aliphatic heterocycles. The Labute approximate surface area is 142 Å². The zero-order chi connectivity index (χ0) is 16.4. The van der Waals surface area contributed by atoms with E-state index in [1.165, 1.54) is 0 Å². The molecule has 7 heteroatoms. The van der Waals surface area contributed by atoms with Crippen molar-refractivity contribution in [2.75, 3.05) is 5.32 Å². The maximum absolute atomic E-state index is 12.3. The summed E-state index contributed by atoms with van der Waals surface area (Å²) < 4.78 is 3.70. The number of anilines is 1. The molecule has 0 aliphatic rings. The van der Waals surface area contributed by atoms with E-state index in [2.05, 4.69) is 15.4 Å². The number of nitrogens with one attached hydrogen (secondary N) is 1. The minimum absolute atomic E-state index is 0.101. The minimum atomic E-state index is -0.101. The molecule has 0 aliphatic carbocycles. The maximum Gasteiger partial charge on any atom is 0.231 e. The van der Waals surface area contributed by atoms with Crippen molar-refractivity contribution in [1.82, 2.24) is 19.2 Å². The quantitative estimate of drug-likeness (QED) is 0.609. The number of hydrogen-bond donors (Lipinski definition) is 1. The Kier molecular flexibility index (Phi) is 3.84. The van der Waals surface area contributed by atoms with Crippen LogP contribution in [0.1, 0.15) is 11.3 Å². The molecule has 0 saturated heterocycles. The van der Waals surface area contributed by atoms with Crippen LogP contribution in [0.25, 0.3) is 4.96 Å². The van der Waals surface area contributed by atoms with E-state index in [0.29, 0.717) is 12.4 Å². The molecule has 0 bridgehead atoms. The van der Waals surface area contributed by atoms with E-state index < -0.39 is 0 Å². The Morgan fingerprint density at radius 2 is 2.08 bits per heavy atom. The largest absolute Gasteiger partial charge is 0.311 e. The van der Waals surface area contributed by atoms with E-state index in [9.17, 15) is 4.79 Å². The third kappa shape index (κ3) is 3.07. The average molecular weight is 337 g/mol. The number of imidazole rings is 1.